The molecule has 0 fully saturated rings. The molecule has 0 unspecified atom stereocenters. The number of amides is 1. The summed E-state index contributed by atoms with van der Waals surface area (Å²) in [5.41, 5.74) is 2.54. The first-order valence-electron chi connectivity index (χ1n) is 7.43. The highest BCUT2D eigenvalue weighted by atomic mass is 16.2. The lowest BCUT2D eigenvalue weighted by Crippen LogP contribution is -2.29. The SMILES string of the molecule is CC(C)Nc1ccnc(C(=O)N(C)CCc2ccncc2)c1. The van der Waals surface area contributed by atoms with Gasteiger partial charge in [-0.15, -0.1) is 0 Å². The predicted octanol–water partition coefficient (Wildman–Crippen LogP) is 2.61. The van der Waals surface area contributed by atoms with E-state index in [1.807, 2.05) is 18.2 Å². The molecule has 5 heteroatoms. The maximum absolute atomic E-state index is 12.4. The van der Waals surface area contributed by atoms with Crippen molar-refractivity contribution in [1.29, 1.82) is 0 Å². The van der Waals surface area contributed by atoms with E-state index in [9.17, 15) is 4.79 Å². The maximum atomic E-state index is 12.4. The average Bonchev–Trinajstić information content (AvgIpc) is 2.52. The largest absolute Gasteiger partial charge is 0.383 e. The number of pyridine rings is 2. The number of carbonyl (C=O) groups excluding carboxylic acids is 1. The van der Waals surface area contributed by atoms with E-state index in [0.717, 1.165) is 17.7 Å². The van der Waals surface area contributed by atoms with Crippen molar-refractivity contribution in [2.24, 2.45) is 0 Å². The third kappa shape index (κ3) is 4.55. The number of rotatable bonds is 6. The second-order valence-electron chi connectivity index (χ2n) is 5.56. The highest BCUT2D eigenvalue weighted by Gasteiger charge is 2.13. The topological polar surface area (TPSA) is 58.1 Å². The summed E-state index contributed by atoms with van der Waals surface area (Å²) < 4.78 is 0. The van der Waals surface area contributed by atoms with Gasteiger partial charge in [0, 0.05) is 43.9 Å². The van der Waals surface area contributed by atoms with Gasteiger partial charge < -0.3 is 10.2 Å². The standard InChI is InChI=1S/C17H22N4O/c1-13(2)20-15-6-10-19-16(12-15)17(22)21(3)11-7-14-4-8-18-9-5-14/h4-6,8-10,12-13H,7,11H2,1-3H3,(H,19,20). The van der Waals surface area contributed by atoms with Gasteiger partial charge in [0.1, 0.15) is 5.69 Å². The fourth-order valence-electron chi connectivity index (χ4n) is 2.11. The van der Waals surface area contributed by atoms with Crippen LogP contribution in [-0.4, -0.2) is 40.4 Å². The van der Waals surface area contributed by atoms with Crippen LogP contribution in [0.4, 0.5) is 5.69 Å². The van der Waals surface area contributed by atoms with Crippen molar-refractivity contribution in [2.75, 3.05) is 18.9 Å². The molecule has 5 nitrogen and oxygen atoms in total. The molecule has 116 valence electrons. The Morgan fingerprint density at radius 2 is 1.95 bits per heavy atom. The van der Waals surface area contributed by atoms with Crippen LogP contribution >= 0.6 is 0 Å². The minimum atomic E-state index is -0.0681. The van der Waals surface area contributed by atoms with Gasteiger partial charge in [-0.3, -0.25) is 14.8 Å². The van der Waals surface area contributed by atoms with Crippen LogP contribution in [0.25, 0.3) is 0 Å². The molecule has 0 aromatic carbocycles. The minimum Gasteiger partial charge on any atom is -0.383 e. The molecule has 0 bridgehead atoms. The quantitative estimate of drug-likeness (QED) is 0.890. The normalized spacial score (nSPS) is 10.5. The molecule has 2 aromatic rings. The first kappa shape index (κ1) is 15.9. The number of carbonyl (C=O) groups is 1. The Bertz CT molecular complexity index is 613. The molecule has 2 aromatic heterocycles. The zero-order chi connectivity index (χ0) is 15.9. The van der Waals surface area contributed by atoms with Crippen molar-refractivity contribution in [3.63, 3.8) is 0 Å². The van der Waals surface area contributed by atoms with Gasteiger partial charge in [0.05, 0.1) is 0 Å². The number of hydrogen-bond donors (Lipinski definition) is 1. The summed E-state index contributed by atoms with van der Waals surface area (Å²) in [6.07, 6.45) is 5.99. The fraction of sp³-hybridized carbons (Fsp3) is 0.353. The number of hydrogen-bond acceptors (Lipinski definition) is 4. The highest BCUT2D eigenvalue weighted by molar-refractivity contribution is 5.93. The zero-order valence-electron chi connectivity index (χ0n) is 13.3. The summed E-state index contributed by atoms with van der Waals surface area (Å²) >= 11 is 0. The van der Waals surface area contributed by atoms with E-state index in [1.165, 1.54) is 0 Å². The van der Waals surface area contributed by atoms with Crippen molar-refractivity contribution < 1.29 is 4.79 Å². The van der Waals surface area contributed by atoms with Crippen LogP contribution in [0.3, 0.4) is 0 Å². The van der Waals surface area contributed by atoms with E-state index in [-0.39, 0.29) is 5.91 Å². The summed E-state index contributed by atoms with van der Waals surface area (Å²) in [6, 6.07) is 7.90. The van der Waals surface area contributed by atoms with Gasteiger partial charge in [-0.1, -0.05) is 0 Å². The molecule has 0 atom stereocenters. The molecule has 0 saturated heterocycles. The van der Waals surface area contributed by atoms with Crippen LogP contribution in [0, 0.1) is 0 Å². The Hall–Kier alpha value is -2.43. The lowest BCUT2D eigenvalue weighted by molar-refractivity contribution is 0.0791. The Morgan fingerprint density at radius 3 is 2.64 bits per heavy atom. The van der Waals surface area contributed by atoms with Crippen molar-refractivity contribution >= 4 is 11.6 Å². The summed E-state index contributed by atoms with van der Waals surface area (Å²) in [6.45, 7) is 4.76. The van der Waals surface area contributed by atoms with Gasteiger partial charge >= 0.3 is 0 Å². The summed E-state index contributed by atoms with van der Waals surface area (Å²) in [5, 5.41) is 3.28. The van der Waals surface area contributed by atoms with Crippen LogP contribution in [0.5, 0.6) is 0 Å². The fourth-order valence-corrected chi connectivity index (χ4v) is 2.11. The van der Waals surface area contributed by atoms with Crippen molar-refractivity contribution in [1.82, 2.24) is 14.9 Å². The summed E-state index contributed by atoms with van der Waals surface area (Å²) in [7, 11) is 1.80. The van der Waals surface area contributed by atoms with Gasteiger partial charge in [-0.2, -0.15) is 0 Å². The summed E-state index contributed by atoms with van der Waals surface area (Å²) in [5.74, 6) is -0.0681. The molecule has 1 amide bonds. The minimum absolute atomic E-state index is 0.0681. The first-order chi connectivity index (χ1) is 10.6. The van der Waals surface area contributed by atoms with E-state index in [1.54, 1.807) is 36.6 Å². The van der Waals surface area contributed by atoms with Crippen LogP contribution in [0.2, 0.25) is 0 Å². The summed E-state index contributed by atoms with van der Waals surface area (Å²) in [4.78, 5) is 22.3. The van der Waals surface area contributed by atoms with E-state index in [2.05, 4.69) is 29.1 Å². The number of aromatic nitrogens is 2. The molecule has 22 heavy (non-hydrogen) atoms. The van der Waals surface area contributed by atoms with E-state index < -0.39 is 0 Å². The third-order valence-corrected chi connectivity index (χ3v) is 3.27. The van der Waals surface area contributed by atoms with Gasteiger partial charge in [0.2, 0.25) is 0 Å². The Kier molecular flexibility index (Phi) is 5.47. The average molecular weight is 298 g/mol. The van der Waals surface area contributed by atoms with E-state index in [4.69, 9.17) is 0 Å². The molecule has 0 radical (unpaired) electrons. The van der Waals surface area contributed by atoms with Crippen LogP contribution < -0.4 is 5.32 Å². The van der Waals surface area contributed by atoms with E-state index >= 15 is 0 Å². The monoisotopic (exact) mass is 298 g/mol. The van der Waals surface area contributed by atoms with Crippen molar-refractivity contribution in [2.45, 2.75) is 26.3 Å². The second-order valence-corrected chi connectivity index (χ2v) is 5.56. The van der Waals surface area contributed by atoms with Gasteiger partial charge in [0.25, 0.3) is 5.91 Å². The molecular formula is C17H22N4O. The number of nitrogens with one attached hydrogen (secondary N) is 1. The maximum Gasteiger partial charge on any atom is 0.272 e. The second kappa shape index (κ2) is 7.54. The smallest absolute Gasteiger partial charge is 0.272 e. The van der Waals surface area contributed by atoms with Crippen LogP contribution in [-0.2, 0) is 6.42 Å². The highest BCUT2D eigenvalue weighted by Crippen LogP contribution is 2.11. The first-order valence-corrected chi connectivity index (χ1v) is 7.43. The third-order valence-electron chi connectivity index (χ3n) is 3.27. The number of nitrogens with zero attached hydrogens (tertiary/aromatic N) is 3. The lowest BCUT2D eigenvalue weighted by Gasteiger charge is -2.17. The molecule has 0 spiro atoms. The molecular weight excluding hydrogens is 276 g/mol. The molecule has 2 heterocycles. The van der Waals surface area contributed by atoms with E-state index in [0.29, 0.717) is 18.3 Å². The van der Waals surface area contributed by atoms with Gasteiger partial charge in [-0.05, 0) is 50.1 Å². The molecule has 0 aliphatic rings. The number of likely N-dealkylation sites (N-methyl/N-ethyl adjacent to an activating group) is 1. The van der Waals surface area contributed by atoms with Gasteiger partial charge in [-0.25, -0.2) is 0 Å². The number of anilines is 1. The Balaban J connectivity index is 1.98. The Morgan fingerprint density at radius 1 is 1.23 bits per heavy atom. The van der Waals surface area contributed by atoms with Crippen molar-refractivity contribution in [3.8, 4) is 0 Å². The van der Waals surface area contributed by atoms with Gasteiger partial charge in [0.15, 0.2) is 0 Å². The van der Waals surface area contributed by atoms with Crippen molar-refractivity contribution in [3.05, 3.63) is 54.1 Å². The predicted molar refractivity (Wildman–Crippen MR) is 87.9 cm³/mol. The zero-order valence-corrected chi connectivity index (χ0v) is 13.3. The Labute approximate surface area is 131 Å². The van der Waals surface area contributed by atoms with Crippen LogP contribution in [0.15, 0.2) is 42.9 Å². The lowest BCUT2D eigenvalue weighted by atomic mass is 10.2. The molecule has 0 saturated carbocycles. The molecule has 0 aliphatic carbocycles. The molecule has 0 aliphatic heterocycles. The molecule has 2 rings (SSSR count). The van der Waals surface area contributed by atoms with Crippen LogP contribution in [0.1, 0.15) is 29.9 Å². The molecule has 1 N–H and O–H groups in total.